The number of rotatable bonds is 2. The summed E-state index contributed by atoms with van der Waals surface area (Å²) in [6, 6.07) is 7.55. The van der Waals surface area contributed by atoms with Gasteiger partial charge in [0.15, 0.2) is 5.78 Å². The summed E-state index contributed by atoms with van der Waals surface area (Å²) in [5.74, 6) is -2.28. The van der Waals surface area contributed by atoms with E-state index in [9.17, 15) is 14.4 Å². The van der Waals surface area contributed by atoms with Crippen LogP contribution in [0.5, 0.6) is 0 Å². The molecule has 1 saturated carbocycles. The Hall–Kier alpha value is -2.27. The monoisotopic (exact) mass is 297 g/mol. The number of aromatic nitrogens is 1. The number of hydrogen-bond acceptors (Lipinski definition) is 4. The molecule has 2 aromatic rings. The van der Waals surface area contributed by atoms with Crippen molar-refractivity contribution in [3.8, 4) is 0 Å². The first-order chi connectivity index (χ1) is 10.6. The maximum Gasteiger partial charge on any atom is 0.208 e. The lowest BCUT2D eigenvalue weighted by molar-refractivity contribution is -0.154. The van der Waals surface area contributed by atoms with E-state index in [1.165, 1.54) is 0 Å². The van der Waals surface area contributed by atoms with Crippen LogP contribution in [-0.4, -0.2) is 34.6 Å². The van der Waals surface area contributed by atoms with Crippen molar-refractivity contribution >= 4 is 28.3 Å². The van der Waals surface area contributed by atoms with Crippen LogP contribution in [-0.2, 0) is 21.4 Å². The fourth-order valence-corrected chi connectivity index (χ4v) is 3.84. The second-order valence-corrected chi connectivity index (χ2v) is 5.81. The Kier molecular flexibility index (Phi) is 2.66. The molecule has 0 amide bonds. The summed E-state index contributed by atoms with van der Waals surface area (Å²) in [4.78, 5) is 37.0. The van der Waals surface area contributed by atoms with Gasteiger partial charge in [-0.1, -0.05) is 18.2 Å². The Balaban J connectivity index is 2.03. The maximum absolute atomic E-state index is 12.9. The lowest BCUT2D eigenvalue weighted by Crippen LogP contribution is -2.58. The van der Waals surface area contributed by atoms with Crippen molar-refractivity contribution in [3.63, 3.8) is 0 Å². The number of ketones is 3. The molecule has 1 heterocycles. The van der Waals surface area contributed by atoms with Crippen molar-refractivity contribution < 1.29 is 19.1 Å². The van der Waals surface area contributed by atoms with Gasteiger partial charge in [-0.05, 0) is 13.0 Å². The van der Waals surface area contributed by atoms with Crippen LogP contribution in [0.2, 0.25) is 0 Å². The molecule has 112 valence electrons. The molecule has 0 N–H and O–H groups in total. The van der Waals surface area contributed by atoms with Gasteiger partial charge in [0.1, 0.15) is 6.10 Å². The summed E-state index contributed by atoms with van der Waals surface area (Å²) in [5.41, 5.74) is 2.10. The van der Waals surface area contributed by atoms with Gasteiger partial charge in [0.05, 0.1) is 11.8 Å². The molecule has 1 aromatic carbocycles. The van der Waals surface area contributed by atoms with Crippen molar-refractivity contribution in [2.24, 2.45) is 13.0 Å². The van der Waals surface area contributed by atoms with Gasteiger partial charge in [-0.2, -0.15) is 0 Å². The highest BCUT2D eigenvalue weighted by atomic mass is 16.5. The lowest BCUT2D eigenvalue weighted by Gasteiger charge is -2.41. The highest BCUT2D eigenvalue weighted by Gasteiger charge is 2.61. The normalized spacial score (nSPS) is 26.8. The van der Waals surface area contributed by atoms with Crippen molar-refractivity contribution in [1.82, 2.24) is 4.57 Å². The molecule has 0 aliphatic heterocycles. The summed E-state index contributed by atoms with van der Waals surface area (Å²) in [7, 11) is 1.84. The summed E-state index contributed by atoms with van der Waals surface area (Å²) in [6.45, 7) is 2.12. The predicted molar refractivity (Wildman–Crippen MR) is 78.9 cm³/mol. The number of benzene rings is 1. The van der Waals surface area contributed by atoms with Crippen molar-refractivity contribution in [3.05, 3.63) is 35.5 Å². The number of aryl methyl sites for hydroxylation is 1. The number of para-hydroxylation sites is 1. The van der Waals surface area contributed by atoms with Crippen LogP contribution >= 0.6 is 0 Å². The molecule has 0 spiro atoms. The van der Waals surface area contributed by atoms with E-state index in [0.717, 1.165) is 10.9 Å². The smallest absolute Gasteiger partial charge is 0.208 e. The van der Waals surface area contributed by atoms with Crippen LogP contribution in [0.15, 0.2) is 24.3 Å². The standard InChI is InChI=1S/C17H15NO4/c1-3-22-17-12-11(14(19)15(12)20)13-10(16(17)21)8-6-4-5-7-9(8)18(13)2/h4-7,11-12,17H,3H2,1-2H3. The zero-order chi connectivity index (χ0) is 15.6. The average molecular weight is 297 g/mol. The van der Waals surface area contributed by atoms with Gasteiger partial charge in [0.2, 0.25) is 11.6 Å². The Labute approximate surface area is 126 Å². The zero-order valence-electron chi connectivity index (χ0n) is 12.3. The summed E-state index contributed by atoms with van der Waals surface area (Å²) in [5, 5.41) is 0.820. The average Bonchev–Trinajstić information content (AvgIpc) is 2.82. The molecule has 2 aliphatic carbocycles. The van der Waals surface area contributed by atoms with Crippen LogP contribution in [0.4, 0.5) is 0 Å². The minimum absolute atomic E-state index is 0.184. The molecule has 0 saturated heterocycles. The lowest BCUT2D eigenvalue weighted by atomic mass is 9.61. The first kappa shape index (κ1) is 13.4. The van der Waals surface area contributed by atoms with Crippen LogP contribution in [0.1, 0.15) is 28.9 Å². The van der Waals surface area contributed by atoms with Crippen LogP contribution in [0.3, 0.4) is 0 Å². The van der Waals surface area contributed by atoms with Crippen molar-refractivity contribution in [2.75, 3.05) is 6.61 Å². The van der Waals surface area contributed by atoms with Gasteiger partial charge in [-0.25, -0.2) is 0 Å². The molecule has 22 heavy (non-hydrogen) atoms. The number of nitrogens with zero attached hydrogens (tertiary/aromatic N) is 1. The summed E-state index contributed by atoms with van der Waals surface area (Å²) >= 11 is 0. The van der Waals surface area contributed by atoms with Gasteiger partial charge in [0.25, 0.3) is 0 Å². The minimum Gasteiger partial charge on any atom is -0.370 e. The number of fused-ring (bicyclic) bond motifs is 5. The predicted octanol–water partition coefficient (Wildman–Crippen LogP) is 1.63. The number of carbonyl (C=O) groups excluding carboxylic acids is 3. The molecular formula is C17H15NO4. The van der Waals surface area contributed by atoms with E-state index in [2.05, 4.69) is 0 Å². The van der Waals surface area contributed by atoms with E-state index < -0.39 is 29.5 Å². The Bertz CT molecular complexity index is 848. The molecule has 3 atom stereocenters. The number of carbonyl (C=O) groups is 3. The minimum atomic E-state index is -0.835. The number of ether oxygens (including phenoxy) is 1. The third-order valence-electron chi connectivity index (χ3n) is 4.81. The topological polar surface area (TPSA) is 65.4 Å². The molecule has 5 nitrogen and oxygen atoms in total. The van der Waals surface area contributed by atoms with Crippen molar-refractivity contribution in [2.45, 2.75) is 18.9 Å². The molecule has 2 aliphatic rings. The van der Waals surface area contributed by atoms with E-state index >= 15 is 0 Å². The van der Waals surface area contributed by atoms with Gasteiger partial charge in [-0.15, -0.1) is 0 Å². The van der Waals surface area contributed by atoms with E-state index in [0.29, 0.717) is 17.9 Å². The van der Waals surface area contributed by atoms with Crippen LogP contribution in [0, 0.1) is 5.92 Å². The molecule has 1 aromatic heterocycles. The van der Waals surface area contributed by atoms with Gasteiger partial charge in [0, 0.05) is 35.8 Å². The maximum atomic E-state index is 12.9. The molecule has 4 rings (SSSR count). The Morgan fingerprint density at radius 2 is 1.82 bits per heavy atom. The molecular weight excluding hydrogens is 282 g/mol. The first-order valence-electron chi connectivity index (χ1n) is 7.39. The van der Waals surface area contributed by atoms with E-state index in [1.54, 1.807) is 6.92 Å². The van der Waals surface area contributed by atoms with Gasteiger partial charge >= 0.3 is 0 Å². The quantitative estimate of drug-likeness (QED) is 0.790. The first-order valence-corrected chi connectivity index (χ1v) is 7.39. The van der Waals surface area contributed by atoms with Crippen LogP contribution < -0.4 is 0 Å². The van der Waals surface area contributed by atoms with E-state index in [-0.39, 0.29) is 5.78 Å². The fraction of sp³-hybridized carbons (Fsp3) is 0.353. The molecule has 1 fully saturated rings. The third-order valence-corrected chi connectivity index (χ3v) is 4.81. The zero-order valence-corrected chi connectivity index (χ0v) is 12.3. The SMILES string of the molecule is CCOC1C(=O)c2c(n(C)c3ccccc23)C2C(=O)C(=O)C12. The van der Waals surface area contributed by atoms with Crippen LogP contribution in [0.25, 0.3) is 10.9 Å². The number of hydrogen-bond donors (Lipinski definition) is 0. The van der Waals surface area contributed by atoms with E-state index in [4.69, 9.17) is 4.74 Å². The highest BCUT2D eigenvalue weighted by molar-refractivity contribution is 6.49. The summed E-state index contributed by atoms with van der Waals surface area (Å²) in [6.07, 6.45) is -0.835. The van der Waals surface area contributed by atoms with Crippen molar-refractivity contribution in [1.29, 1.82) is 0 Å². The summed E-state index contributed by atoms with van der Waals surface area (Å²) < 4.78 is 7.40. The van der Waals surface area contributed by atoms with E-state index in [1.807, 2.05) is 35.9 Å². The molecule has 0 bridgehead atoms. The highest BCUT2D eigenvalue weighted by Crippen LogP contribution is 2.48. The third kappa shape index (κ3) is 1.39. The largest absolute Gasteiger partial charge is 0.370 e. The molecule has 0 radical (unpaired) electrons. The van der Waals surface area contributed by atoms with Gasteiger partial charge < -0.3 is 9.30 Å². The fourth-order valence-electron chi connectivity index (χ4n) is 3.84. The Morgan fingerprint density at radius 1 is 1.09 bits per heavy atom. The van der Waals surface area contributed by atoms with Gasteiger partial charge in [-0.3, -0.25) is 14.4 Å². The Morgan fingerprint density at radius 3 is 2.55 bits per heavy atom. The molecule has 3 unspecified atom stereocenters. The number of Topliss-reactive ketones (excluding diaryl/α,β-unsaturated/α-hetero) is 3. The second kappa shape index (κ2) is 4.36. The molecule has 5 heteroatoms. The second-order valence-electron chi connectivity index (χ2n) is 5.81.